The van der Waals surface area contributed by atoms with Gasteiger partial charge in [-0.15, -0.1) is 0 Å². The monoisotopic (exact) mass is 234 g/mol. The Kier molecular flexibility index (Phi) is 3.20. The van der Waals surface area contributed by atoms with E-state index in [0.29, 0.717) is 23.7 Å². The second-order valence-corrected chi connectivity index (χ2v) is 4.34. The van der Waals surface area contributed by atoms with Crippen LogP contribution in [0.15, 0.2) is 0 Å². The van der Waals surface area contributed by atoms with Crippen molar-refractivity contribution in [1.29, 1.82) is 5.26 Å². The van der Waals surface area contributed by atoms with Crippen molar-refractivity contribution in [2.45, 2.75) is 32.4 Å². The second kappa shape index (κ2) is 4.63. The minimum absolute atomic E-state index is 0.266. The molecule has 4 N–H and O–H groups in total. The summed E-state index contributed by atoms with van der Waals surface area (Å²) < 4.78 is 1.67. The van der Waals surface area contributed by atoms with Crippen LogP contribution in [-0.4, -0.2) is 28.9 Å². The molecule has 0 radical (unpaired) electrons. The molecule has 0 aromatic carbocycles. The Balaban J connectivity index is 2.29. The van der Waals surface area contributed by atoms with Gasteiger partial charge in [0.2, 0.25) is 0 Å². The molecule has 2 rings (SSSR count). The fraction of sp³-hybridized carbons (Fsp3) is 0.636. The van der Waals surface area contributed by atoms with Gasteiger partial charge in [-0.05, 0) is 19.8 Å². The topological polar surface area (TPSA) is 96.9 Å². The van der Waals surface area contributed by atoms with Gasteiger partial charge in [-0.2, -0.15) is 10.4 Å². The zero-order valence-electron chi connectivity index (χ0n) is 10.1. The Bertz CT molecular complexity index is 436. The molecule has 2 heterocycles. The maximum absolute atomic E-state index is 9.16. The molecular weight excluding hydrogens is 216 g/mol. The Labute approximate surface area is 101 Å². The van der Waals surface area contributed by atoms with Crippen molar-refractivity contribution < 1.29 is 0 Å². The lowest BCUT2D eigenvalue weighted by atomic mass is 10.1. The number of nitrogen functional groups attached to an aromatic ring is 1. The maximum Gasteiger partial charge on any atom is 0.170 e. The van der Waals surface area contributed by atoms with Gasteiger partial charge in [-0.3, -0.25) is 0 Å². The first kappa shape index (κ1) is 11.7. The van der Waals surface area contributed by atoms with E-state index in [9.17, 15) is 0 Å². The summed E-state index contributed by atoms with van der Waals surface area (Å²) in [5.41, 5.74) is 12.2. The van der Waals surface area contributed by atoms with Gasteiger partial charge in [0.25, 0.3) is 0 Å². The van der Waals surface area contributed by atoms with E-state index in [1.54, 1.807) is 4.68 Å². The Morgan fingerprint density at radius 3 is 2.65 bits per heavy atom. The number of nitrogens with two attached hydrogens (primary N) is 2. The first-order chi connectivity index (χ1) is 8.17. The summed E-state index contributed by atoms with van der Waals surface area (Å²) in [6.07, 6.45) is 1.87. The molecule has 0 saturated carbocycles. The van der Waals surface area contributed by atoms with E-state index in [4.69, 9.17) is 16.7 Å². The first-order valence-corrected chi connectivity index (χ1v) is 5.94. The molecule has 0 amide bonds. The minimum Gasteiger partial charge on any atom is -0.383 e. The normalized spacial score (nSPS) is 17.1. The van der Waals surface area contributed by atoms with Crippen LogP contribution in [0.5, 0.6) is 0 Å². The molecular formula is C11H18N6. The smallest absolute Gasteiger partial charge is 0.170 e. The molecule has 17 heavy (non-hydrogen) atoms. The van der Waals surface area contributed by atoms with Crippen molar-refractivity contribution in [3.8, 4) is 6.07 Å². The van der Waals surface area contributed by atoms with Crippen LogP contribution in [0, 0.1) is 11.3 Å². The van der Waals surface area contributed by atoms with Gasteiger partial charge in [0.05, 0.1) is 0 Å². The van der Waals surface area contributed by atoms with Crippen molar-refractivity contribution in [3.63, 3.8) is 0 Å². The number of rotatable bonds is 2. The SMILES string of the molecule is CCn1nc(N2CCC(N)CC2)c(C#N)c1N. The number of aromatic nitrogens is 2. The number of anilines is 2. The third kappa shape index (κ3) is 2.06. The molecule has 6 heteroatoms. The van der Waals surface area contributed by atoms with E-state index in [1.165, 1.54) is 0 Å². The molecule has 1 fully saturated rings. The quantitative estimate of drug-likeness (QED) is 0.766. The van der Waals surface area contributed by atoms with Crippen LogP contribution in [0.3, 0.4) is 0 Å². The van der Waals surface area contributed by atoms with E-state index in [1.807, 2.05) is 6.92 Å². The van der Waals surface area contributed by atoms with Gasteiger partial charge in [-0.25, -0.2) is 4.68 Å². The first-order valence-electron chi connectivity index (χ1n) is 5.94. The molecule has 6 nitrogen and oxygen atoms in total. The van der Waals surface area contributed by atoms with Crippen molar-refractivity contribution in [1.82, 2.24) is 9.78 Å². The third-order valence-electron chi connectivity index (χ3n) is 3.22. The highest BCUT2D eigenvalue weighted by Gasteiger charge is 2.23. The van der Waals surface area contributed by atoms with Gasteiger partial charge in [0.15, 0.2) is 5.82 Å². The Morgan fingerprint density at radius 2 is 2.12 bits per heavy atom. The highest BCUT2D eigenvalue weighted by atomic mass is 15.4. The molecule has 0 bridgehead atoms. The molecule has 1 aliphatic rings. The lowest BCUT2D eigenvalue weighted by Gasteiger charge is -2.30. The number of nitriles is 1. The summed E-state index contributed by atoms with van der Waals surface area (Å²) in [5, 5.41) is 13.6. The zero-order valence-corrected chi connectivity index (χ0v) is 10.1. The average Bonchev–Trinajstić information content (AvgIpc) is 2.66. The van der Waals surface area contributed by atoms with Gasteiger partial charge >= 0.3 is 0 Å². The van der Waals surface area contributed by atoms with E-state index in [0.717, 1.165) is 25.9 Å². The summed E-state index contributed by atoms with van der Waals surface area (Å²) >= 11 is 0. The molecule has 0 atom stereocenters. The lowest BCUT2D eigenvalue weighted by Crippen LogP contribution is -2.40. The van der Waals surface area contributed by atoms with Crippen LogP contribution in [0.4, 0.5) is 11.6 Å². The highest BCUT2D eigenvalue weighted by Crippen LogP contribution is 2.26. The summed E-state index contributed by atoms with van der Waals surface area (Å²) in [6, 6.07) is 2.41. The number of hydrogen-bond donors (Lipinski definition) is 2. The number of piperidine rings is 1. The maximum atomic E-state index is 9.16. The second-order valence-electron chi connectivity index (χ2n) is 4.34. The van der Waals surface area contributed by atoms with Crippen molar-refractivity contribution in [3.05, 3.63) is 5.56 Å². The average molecular weight is 234 g/mol. The minimum atomic E-state index is 0.266. The summed E-state index contributed by atoms with van der Waals surface area (Å²) in [6.45, 7) is 4.32. The number of aryl methyl sites for hydroxylation is 1. The van der Waals surface area contributed by atoms with Gasteiger partial charge < -0.3 is 16.4 Å². The highest BCUT2D eigenvalue weighted by molar-refractivity contribution is 5.65. The Morgan fingerprint density at radius 1 is 1.47 bits per heavy atom. The summed E-state index contributed by atoms with van der Waals surface area (Å²) in [4.78, 5) is 2.10. The van der Waals surface area contributed by atoms with Gasteiger partial charge in [-0.1, -0.05) is 0 Å². The molecule has 1 saturated heterocycles. The van der Waals surface area contributed by atoms with Crippen LogP contribution in [0.2, 0.25) is 0 Å². The molecule has 1 aromatic rings. The Hall–Kier alpha value is -1.74. The zero-order chi connectivity index (χ0) is 12.4. The predicted octanol–water partition coefficient (Wildman–Crippen LogP) is 0.284. The van der Waals surface area contributed by atoms with E-state index >= 15 is 0 Å². The number of nitrogens with zero attached hydrogens (tertiary/aromatic N) is 4. The van der Waals surface area contributed by atoms with Crippen LogP contribution >= 0.6 is 0 Å². The number of hydrogen-bond acceptors (Lipinski definition) is 5. The fourth-order valence-corrected chi connectivity index (χ4v) is 2.14. The molecule has 0 spiro atoms. The van der Waals surface area contributed by atoms with Crippen LogP contribution in [-0.2, 0) is 6.54 Å². The van der Waals surface area contributed by atoms with Crippen LogP contribution in [0.1, 0.15) is 25.3 Å². The van der Waals surface area contributed by atoms with E-state index in [2.05, 4.69) is 16.1 Å². The van der Waals surface area contributed by atoms with Crippen molar-refractivity contribution in [2.24, 2.45) is 5.73 Å². The van der Waals surface area contributed by atoms with Gasteiger partial charge in [0, 0.05) is 25.7 Å². The molecule has 1 aromatic heterocycles. The standard InChI is InChI=1S/C11H18N6/c1-2-17-10(14)9(7-12)11(15-17)16-5-3-8(13)4-6-16/h8H,2-6,13-14H2,1H3. The molecule has 0 aliphatic carbocycles. The van der Waals surface area contributed by atoms with Crippen molar-refractivity contribution in [2.75, 3.05) is 23.7 Å². The lowest BCUT2D eigenvalue weighted by molar-refractivity contribution is 0.496. The van der Waals surface area contributed by atoms with E-state index < -0.39 is 0 Å². The molecule has 0 unspecified atom stereocenters. The fourth-order valence-electron chi connectivity index (χ4n) is 2.14. The summed E-state index contributed by atoms with van der Waals surface area (Å²) in [7, 11) is 0. The molecule has 92 valence electrons. The van der Waals surface area contributed by atoms with Gasteiger partial charge in [0.1, 0.15) is 17.5 Å². The van der Waals surface area contributed by atoms with Crippen molar-refractivity contribution >= 4 is 11.6 Å². The van der Waals surface area contributed by atoms with E-state index in [-0.39, 0.29) is 6.04 Å². The largest absolute Gasteiger partial charge is 0.383 e. The predicted molar refractivity (Wildman–Crippen MR) is 66.5 cm³/mol. The molecule has 1 aliphatic heterocycles. The van der Waals surface area contributed by atoms with Crippen LogP contribution < -0.4 is 16.4 Å². The third-order valence-corrected chi connectivity index (χ3v) is 3.22. The van der Waals surface area contributed by atoms with Crippen LogP contribution in [0.25, 0.3) is 0 Å². The summed E-state index contributed by atoms with van der Waals surface area (Å²) in [5.74, 6) is 1.17.